The van der Waals surface area contributed by atoms with E-state index in [1.54, 1.807) is 11.0 Å². The fourth-order valence-corrected chi connectivity index (χ4v) is 4.29. The van der Waals surface area contributed by atoms with Gasteiger partial charge in [0.05, 0.1) is 0 Å². The van der Waals surface area contributed by atoms with Crippen molar-refractivity contribution in [1.29, 1.82) is 0 Å². The molecule has 2 fully saturated rings. The summed E-state index contributed by atoms with van der Waals surface area (Å²) in [5.41, 5.74) is 2.44. The smallest absolute Gasteiger partial charge is 0.322 e. The molecule has 1 aromatic rings. The number of likely N-dealkylation sites (N-methyl/N-ethyl adjacent to an activating group) is 1. The van der Waals surface area contributed by atoms with Gasteiger partial charge in [0, 0.05) is 43.5 Å². The molecule has 150 valence electrons. The molecule has 0 bridgehead atoms. The number of likely N-dealkylation sites (tertiary alicyclic amines) is 1. The highest BCUT2D eigenvalue weighted by molar-refractivity contribution is 5.97. The Labute approximate surface area is 164 Å². The predicted molar refractivity (Wildman–Crippen MR) is 106 cm³/mol. The molecule has 0 radical (unpaired) electrons. The van der Waals surface area contributed by atoms with E-state index in [-0.39, 0.29) is 30.4 Å². The fourth-order valence-electron chi connectivity index (χ4n) is 4.29. The van der Waals surface area contributed by atoms with Crippen molar-refractivity contribution in [2.75, 3.05) is 50.4 Å². The van der Waals surface area contributed by atoms with Gasteiger partial charge in [0.2, 0.25) is 11.8 Å². The quantitative estimate of drug-likeness (QED) is 0.805. The molecule has 28 heavy (non-hydrogen) atoms. The molecule has 4 rings (SSSR count). The number of urea groups is 1. The zero-order valence-electron chi connectivity index (χ0n) is 16.2. The third-order valence-corrected chi connectivity index (χ3v) is 5.84. The van der Waals surface area contributed by atoms with Crippen molar-refractivity contribution in [3.8, 4) is 0 Å². The normalized spacial score (nSPS) is 23.2. The number of hydrogen-bond donors (Lipinski definition) is 2. The molecule has 4 amide bonds. The number of amides is 4. The van der Waals surface area contributed by atoms with Crippen LogP contribution in [0, 0.1) is 0 Å². The number of fused-ring (bicyclic) bond motifs is 1. The molecule has 2 saturated heterocycles. The van der Waals surface area contributed by atoms with Crippen molar-refractivity contribution in [3.05, 3.63) is 23.8 Å². The summed E-state index contributed by atoms with van der Waals surface area (Å²) >= 11 is 0. The SMILES string of the molecule is CN1CCCC(N2CCN(C(=O)Nc3ccc4c(c3)NC(=O)CC4)CC2=O)C1. The Morgan fingerprint density at radius 3 is 2.82 bits per heavy atom. The summed E-state index contributed by atoms with van der Waals surface area (Å²) in [6.45, 7) is 3.19. The average Bonchev–Trinajstić information content (AvgIpc) is 2.67. The van der Waals surface area contributed by atoms with Crippen LogP contribution in [0.15, 0.2) is 18.2 Å². The average molecular weight is 385 g/mol. The second-order valence-corrected chi connectivity index (χ2v) is 7.92. The number of hydrogen-bond acceptors (Lipinski definition) is 4. The maximum absolute atomic E-state index is 12.6. The van der Waals surface area contributed by atoms with Crippen molar-refractivity contribution < 1.29 is 14.4 Å². The highest BCUT2D eigenvalue weighted by atomic mass is 16.2. The summed E-state index contributed by atoms with van der Waals surface area (Å²) in [6, 6.07) is 5.51. The first-order valence-corrected chi connectivity index (χ1v) is 9.96. The zero-order chi connectivity index (χ0) is 19.7. The van der Waals surface area contributed by atoms with Crippen LogP contribution in [0.2, 0.25) is 0 Å². The highest BCUT2D eigenvalue weighted by Gasteiger charge is 2.33. The van der Waals surface area contributed by atoms with Gasteiger partial charge in [0.25, 0.3) is 0 Å². The van der Waals surface area contributed by atoms with Crippen molar-refractivity contribution in [1.82, 2.24) is 14.7 Å². The first-order valence-electron chi connectivity index (χ1n) is 9.96. The molecule has 0 spiro atoms. The number of piperidine rings is 1. The van der Waals surface area contributed by atoms with E-state index < -0.39 is 0 Å². The number of benzene rings is 1. The maximum atomic E-state index is 12.6. The number of aryl methyl sites for hydroxylation is 1. The molecule has 8 heteroatoms. The number of nitrogens with zero attached hydrogens (tertiary/aromatic N) is 3. The molecular weight excluding hydrogens is 358 g/mol. The van der Waals surface area contributed by atoms with Gasteiger partial charge in [-0.25, -0.2) is 4.79 Å². The molecule has 1 unspecified atom stereocenters. The Balaban J connectivity index is 1.35. The van der Waals surface area contributed by atoms with Crippen LogP contribution in [0.1, 0.15) is 24.8 Å². The summed E-state index contributed by atoms with van der Waals surface area (Å²) in [5.74, 6) is 0.00505. The van der Waals surface area contributed by atoms with Gasteiger partial charge < -0.3 is 25.3 Å². The Morgan fingerprint density at radius 2 is 2.04 bits per heavy atom. The van der Waals surface area contributed by atoms with Crippen LogP contribution in [0.25, 0.3) is 0 Å². The Morgan fingerprint density at radius 1 is 1.18 bits per heavy atom. The minimum atomic E-state index is -0.282. The van der Waals surface area contributed by atoms with Gasteiger partial charge in [0.15, 0.2) is 0 Å². The predicted octanol–water partition coefficient (Wildman–Crippen LogP) is 1.34. The molecule has 0 saturated carbocycles. The van der Waals surface area contributed by atoms with Gasteiger partial charge in [-0.15, -0.1) is 0 Å². The molecular formula is C20H27N5O3. The van der Waals surface area contributed by atoms with Crippen molar-refractivity contribution in [2.24, 2.45) is 0 Å². The van der Waals surface area contributed by atoms with Gasteiger partial charge in [-0.1, -0.05) is 6.07 Å². The van der Waals surface area contributed by atoms with E-state index in [2.05, 4.69) is 22.6 Å². The van der Waals surface area contributed by atoms with Gasteiger partial charge in [-0.05, 0) is 50.6 Å². The van der Waals surface area contributed by atoms with Crippen LogP contribution in [0.5, 0.6) is 0 Å². The van der Waals surface area contributed by atoms with E-state index in [4.69, 9.17) is 0 Å². The molecule has 2 N–H and O–H groups in total. The van der Waals surface area contributed by atoms with Crippen molar-refractivity contribution in [2.45, 2.75) is 31.7 Å². The Bertz CT molecular complexity index is 796. The van der Waals surface area contributed by atoms with E-state index in [0.29, 0.717) is 31.6 Å². The molecule has 1 atom stereocenters. The molecule has 3 aliphatic rings. The molecule has 8 nitrogen and oxygen atoms in total. The first kappa shape index (κ1) is 18.7. The molecule has 0 aliphatic carbocycles. The van der Waals surface area contributed by atoms with Crippen LogP contribution in [0.4, 0.5) is 16.2 Å². The first-order chi connectivity index (χ1) is 13.5. The monoisotopic (exact) mass is 385 g/mol. The van der Waals surface area contributed by atoms with E-state index in [1.165, 1.54) is 0 Å². The lowest BCUT2D eigenvalue weighted by Crippen LogP contribution is -2.58. The second kappa shape index (κ2) is 7.79. The van der Waals surface area contributed by atoms with Crippen LogP contribution in [-0.2, 0) is 16.0 Å². The Kier molecular flexibility index (Phi) is 5.21. The topological polar surface area (TPSA) is 85.0 Å². The number of carbonyl (C=O) groups is 3. The minimum absolute atomic E-state index is 0.00828. The summed E-state index contributed by atoms with van der Waals surface area (Å²) in [5, 5.41) is 5.69. The molecule has 3 aliphatic heterocycles. The highest BCUT2D eigenvalue weighted by Crippen LogP contribution is 2.26. The zero-order valence-corrected chi connectivity index (χ0v) is 16.2. The van der Waals surface area contributed by atoms with Crippen LogP contribution in [-0.4, -0.2) is 78.4 Å². The number of anilines is 2. The number of rotatable bonds is 2. The third-order valence-electron chi connectivity index (χ3n) is 5.84. The fraction of sp³-hybridized carbons (Fsp3) is 0.550. The molecule has 1 aromatic carbocycles. The Hall–Kier alpha value is -2.61. The summed E-state index contributed by atoms with van der Waals surface area (Å²) < 4.78 is 0. The summed E-state index contributed by atoms with van der Waals surface area (Å²) in [6.07, 6.45) is 3.33. The maximum Gasteiger partial charge on any atom is 0.322 e. The standard InChI is InChI=1S/C20H27N5O3/c1-23-8-2-3-16(12-23)25-10-9-24(13-19(25)27)20(28)21-15-6-4-14-5-7-18(26)22-17(14)11-15/h4,6,11,16H,2-3,5,7-10,12-13H2,1H3,(H,21,28)(H,22,26). The van der Waals surface area contributed by atoms with E-state index in [1.807, 2.05) is 17.0 Å². The van der Waals surface area contributed by atoms with Crippen molar-refractivity contribution >= 4 is 29.2 Å². The number of piperazine rings is 1. The van der Waals surface area contributed by atoms with Gasteiger partial charge in [0.1, 0.15) is 6.54 Å². The molecule has 3 heterocycles. The van der Waals surface area contributed by atoms with Gasteiger partial charge in [-0.2, -0.15) is 0 Å². The summed E-state index contributed by atoms with van der Waals surface area (Å²) in [7, 11) is 2.08. The number of nitrogens with one attached hydrogen (secondary N) is 2. The molecule has 0 aromatic heterocycles. The van der Waals surface area contributed by atoms with Crippen LogP contribution in [0.3, 0.4) is 0 Å². The lowest BCUT2D eigenvalue weighted by atomic mass is 10.0. The minimum Gasteiger partial charge on any atom is -0.335 e. The van der Waals surface area contributed by atoms with Crippen LogP contribution >= 0.6 is 0 Å². The lowest BCUT2D eigenvalue weighted by Gasteiger charge is -2.42. The lowest BCUT2D eigenvalue weighted by molar-refractivity contribution is -0.138. The second-order valence-electron chi connectivity index (χ2n) is 7.92. The number of carbonyl (C=O) groups excluding carboxylic acids is 3. The van der Waals surface area contributed by atoms with E-state index in [9.17, 15) is 14.4 Å². The van der Waals surface area contributed by atoms with Gasteiger partial charge >= 0.3 is 6.03 Å². The van der Waals surface area contributed by atoms with E-state index >= 15 is 0 Å². The third kappa shape index (κ3) is 3.96. The van der Waals surface area contributed by atoms with Crippen molar-refractivity contribution in [3.63, 3.8) is 0 Å². The van der Waals surface area contributed by atoms with Gasteiger partial charge in [-0.3, -0.25) is 9.59 Å². The summed E-state index contributed by atoms with van der Waals surface area (Å²) in [4.78, 5) is 42.6. The largest absolute Gasteiger partial charge is 0.335 e. The van der Waals surface area contributed by atoms with Crippen LogP contribution < -0.4 is 10.6 Å². The van der Waals surface area contributed by atoms with E-state index in [0.717, 1.165) is 37.2 Å².